The van der Waals surface area contributed by atoms with Gasteiger partial charge in [-0.05, 0) is 31.5 Å². The van der Waals surface area contributed by atoms with Crippen molar-refractivity contribution in [3.8, 4) is 0 Å². The van der Waals surface area contributed by atoms with E-state index in [1.807, 2.05) is 0 Å². The molecule has 4 heteroatoms. The Morgan fingerprint density at radius 1 is 1.31 bits per heavy atom. The van der Waals surface area contributed by atoms with Gasteiger partial charge in [-0.3, -0.25) is 4.99 Å². The Labute approximate surface area is 92.3 Å². The Morgan fingerprint density at radius 3 is 2.56 bits per heavy atom. The van der Waals surface area contributed by atoms with Gasteiger partial charge >= 0.3 is 6.18 Å². The van der Waals surface area contributed by atoms with E-state index >= 15 is 0 Å². The molecule has 1 nitrogen and oxygen atoms in total. The lowest BCUT2D eigenvalue weighted by atomic mass is 10.1. The van der Waals surface area contributed by atoms with Crippen LogP contribution in [-0.4, -0.2) is 5.71 Å². The van der Waals surface area contributed by atoms with Gasteiger partial charge in [-0.2, -0.15) is 13.2 Å². The minimum atomic E-state index is -4.31. The molecule has 0 atom stereocenters. The zero-order chi connectivity index (χ0) is 12.2. The van der Waals surface area contributed by atoms with Gasteiger partial charge in [0.15, 0.2) is 0 Å². The summed E-state index contributed by atoms with van der Waals surface area (Å²) in [6.07, 6.45) is -1.04. The molecule has 0 N–H and O–H groups in total. The molecule has 0 heterocycles. The van der Waals surface area contributed by atoms with E-state index in [1.54, 1.807) is 32.2 Å². The lowest BCUT2D eigenvalue weighted by molar-refractivity contribution is -0.137. The Morgan fingerprint density at radius 2 is 2.00 bits per heavy atom. The number of rotatable bonds is 2. The van der Waals surface area contributed by atoms with Crippen LogP contribution in [-0.2, 0) is 6.18 Å². The van der Waals surface area contributed by atoms with E-state index in [0.29, 0.717) is 11.3 Å². The molecule has 86 valence electrons. The van der Waals surface area contributed by atoms with Crippen LogP contribution in [0.5, 0.6) is 0 Å². The third-order valence-electron chi connectivity index (χ3n) is 2.02. The molecule has 0 aliphatic heterocycles. The molecule has 0 fully saturated rings. The predicted molar refractivity (Wildman–Crippen MR) is 58.5 cm³/mol. The van der Waals surface area contributed by atoms with Crippen molar-refractivity contribution in [3.05, 3.63) is 47.7 Å². The average Bonchev–Trinajstić information content (AvgIpc) is 2.25. The van der Waals surface area contributed by atoms with E-state index in [-0.39, 0.29) is 0 Å². The van der Waals surface area contributed by atoms with Gasteiger partial charge in [-0.1, -0.05) is 18.2 Å². The number of benzene rings is 1. The van der Waals surface area contributed by atoms with Crippen LogP contribution in [0.1, 0.15) is 25.0 Å². The van der Waals surface area contributed by atoms with Crippen molar-refractivity contribution in [2.24, 2.45) is 4.99 Å². The van der Waals surface area contributed by atoms with Crippen molar-refractivity contribution in [1.82, 2.24) is 0 Å². The maximum absolute atomic E-state index is 12.4. The Kier molecular flexibility index (Phi) is 3.88. The maximum atomic E-state index is 12.4. The largest absolute Gasteiger partial charge is 0.416 e. The summed E-state index contributed by atoms with van der Waals surface area (Å²) in [5.74, 6) is 0. The fraction of sp³-hybridized carbons (Fsp3) is 0.250. The first-order valence-electron chi connectivity index (χ1n) is 4.78. The van der Waals surface area contributed by atoms with Crippen LogP contribution in [0.15, 0.2) is 41.5 Å². The molecular formula is C12H12F3N. The third kappa shape index (κ3) is 3.22. The maximum Gasteiger partial charge on any atom is 0.416 e. The molecule has 16 heavy (non-hydrogen) atoms. The number of allylic oxidation sites excluding steroid dienone is 1. The van der Waals surface area contributed by atoms with Crippen molar-refractivity contribution in [2.45, 2.75) is 20.0 Å². The first kappa shape index (κ1) is 12.5. The molecule has 0 aromatic heterocycles. The Balaban J connectivity index is 3.08. The summed E-state index contributed by atoms with van der Waals surface area (Å²) in [5, 5.41) is 0. The first-order chi connectivity index (χ1) is 7.45. The van der Waals surface area contributed by atoms with Crippen LogP contribution in [0.2, 0.25) is 0 Å². The van der Waals surface area contributed by atoms with E-state index in [1.165, 1.54) is 6.07 Å². The zero-order valence-electron chi connectivity index (χ0n) is 9.05. The van der Waals surface area contributed by atoms with Crippen LogP contribution >= 0.6 is 0 Å². The quantitative estimate of drug-likeness (QED) is 0.676. The highest BCUT2D eigenvalue weighted by molar-refractivity contribution is 5.99. The highest BCUT2D eigenvalue weighted by Gasteiger charge is 2.30. The van der Waals surface area contributed by atoms with Gasteiger partial charge < -0.3 is 0 Å². The zero-order valence-corrected chi connectivity index (χ0v) is 9.05. The highest BCUT2D eigenvalue weighted by Crippen LogP contribution is 2.29. The summed E-state index contributed by atoms with van der Waals surface area (Å²) in [6.45, 7) is 3.47. The van der Waals surface area contributed by atoms with E-state index < -0.39 is 11.7 Å². The summed E-state index contributed by atoms with van der Waals surface area (Å²) in [4.78, 5) is 4.00. The minimum Gasteiger partial charge on any atom is -0.261 e. The van der Waals surface area contributed by atoms with Gasteiger partial charge in [-0.15, -0.1) is 0 Å². The van der Waals surface area contributed by atoms with Gasteiger partial charge in [0.25, 0.3) is 0 Å². The van der Waals surface area contributed by atoms with Gasteiger partial charge in [0.05, 0.1) is 5.56 Å². The molecular weight excluding hydrogens is 215 g/mol. The summed E-state index contributed by atoms with van der Waals surface area (Å²) in [5.41, 5.74) is 0.386. The van der Waals surface area contributed by atoms with Crippen LogP contribution in [0.25, 0.3) is 0 Å². The molecule has 1 rings (SSSR count). The van der Waals surface area contributed by atoms with E-state index in [4.69, 9.17) is 0 Å². The van der Waals surface area contributed by atoms with Gasteiger partial charge in [0.2, 0.25) is 0 Å². The predicted octanol–water partition coefficient (Wildman–Crippen LogP) is 4.05. The number of alkyl halides is 3. The molecule has 1 aromatic carbocycles. The molecule has 0 unspecified atom stereocenters. The van der Waals surface area contributed by atoms with Gasteiger partial charge in [0.1, 0.15) is 0 Å². The van der Waals surface area contributed by atoms with Crippen LogP contribution in [0, 0.1) is 0 Å². The smallest absolute Gasteiger partial charge is 0.261 e. The first-order valence-corrected chi connectivity index (χ1v) is 4.78. The second-order valence-corrected chi connectivity index (χ2v) is 3.28. The van der Waals surface area contributed by atoms with Crippen LogP contribution in [0.3, 0.4) is 0 Å². The van der Waals surface area contributed by atoms with Gasteiger partial charge in [0, 0.05) is 11.9 Å². The number of aliphatic imine (C=N–C) groups is 1. The van der Waals surface area contributed by atoms with Crippen LogP contribution < -0.4 is 0 Å². The fourth-order valence-electron chi connectivity index (χ4n) is 1.18. The van der Waals surface area contributed by atoms with E-state index in [0.717, 1.165) is 12.1 Å². The number of nitrogens with zero attached hydrogens (tertiary/aromatic N) is 1. The summed E-state index contributed by atoms with van der Waals surface area (Å²) in [6, 6.07) is 5.14. The van der Waals surface area contributed by atoms with Crippen molar-refractivity contribution >= 4 is 5.71 Å². The topological polar surface area (TPSA) is 12.4 Å². The lowest BCUT2D eigenvalue weighted by Gasteiger charge is -2.08. The summed E-state index contributed by atoms with van der Waals surface area (Å²) < 4.78 is 37.3. The van der Waals surface area contributed by atoms with Crippen molar-refractivity contribution in [3.63, 3.8) is 0 Å². The molecule has 0 aliphatic rings. The third-order valence-corrected chi connectivity index (χ3v) is 2.02. The lowest BCUT2D eigenvalue weighted by Crippen LogP contribution is -2.06. The second-order valence-electron chi connectivity index (χ2n) is 3.28. The number of hydrogen-bond donors (Lipinski definition) is 0. The monoisotopic (exact) mass is 227 g/mol. The second kappa shape index (κ2) is 4.96. The van der Waals surface area contributed by atoms with Crippen molar-refractivity contribution < 1.29 is 13.2 Å². The fourth-order valence-corrected chi connectivity index (χ4v) is 1.18. The molecule has 0 spiro atoms. The molecule has 0 amide bonds. The normalized spacial score (nSPS) is 13.4. The standard InChI is InChI=1S/C12H12F3N/c1-3-7-16-9(2)10-5-4-6-11(8-10)12(13,14)15/h3-8H,1-2H3/b7-3-,16-9+. The molecule has 0 aliphatic carbocycles. The molecule has 0 radical (unpaired) electrons. The van der Waals surface area contributed by atoms with Crippen LogP contribution in [0.4, 0.5) is 13.2 Å². The molecule has 0 saturated carbocycles. The Hall–Kier alpha value is -1.58. The van der Waals surface area contributed by atoms with E-state index in [9.17, 15) is 13.2 Å². The SMILES string of the molecule is C/C=C\N=C(/C)c1cccc(C(F)(F)F)c1. The molecule has 0 bridgehead atoms. The summed E-state index contributed by atoms with van der Waals surface area (Å²) in [7, 11) is 0. The van der Waals surface area contributed by atoms with Crippen molar-refractivity contribution in [1.29, 1.82) is 0 Å². The number of hydrogen-bond acceptors (Lipinski definition) is 1. The Bertz CT molecular complexity index is 417. The molecule has 1 aromatic rings. The minimum absolute atomic E-state index is 0.480. The number of halogens is 3. The van der Waals surface area contributed by atoms with Crippen molar-refractivity contribution in [2.75, 3.05) is 0 Å². The van der Waals surface area contributed by atoms with Gasteiger partial charge in [-0.25, -0.2) is 0 Å². The average molecular weight is 227 g/mol. The van der Waals surface area contributed by atoms with E-state index in [2.05, 4.69) is 4.99 Å². The summed E-state index contributed by atoms with van der Waals surface area (Å²) >= 11 is 0. The highest BCUT2D eigenvalue weighted by atomic mass is 19.4. The molecule has 0 saturated heterocycles.